The van der Waals surface area contributed by atoms with E-state index in [2.05, 4.69) is 5.32 Å². The first-order valence-corrected chi connectivity index (χ1v) is 9.14. The summed E-state index contributed by atoms with van der Waals surface area (Å²) in [5.41, 5.74) is 3.67. The highest BCUT2D eigenvalue weighted by atomic mass is 16.2. The van der Waals surface area contributed by atoms with Gasteiger partial charge in [-0.15, -0.1) is 0 Å². The maximum Gasteiger partial charge on any atom is 0.235 e. The molecule has 27 heavy (non-hydrogen) atoms. The van der Waals surface area contributed by atoms with Crippen LogP contribution in [-0.2, 0) is 16.6 Å². The Morgan fingerprint density at radius 3 is 2.33 bits per heavy atom. The second-order valence-corrected chi connectivity index (χ2v) is 7.15. The van der Waals surface area contributed by atoms with Crippen molar-refractivity contribution >= 4 is 17.4 Å². The standard InChI is InChI=1S/C24H21NO2/c1-17-9-5-6-12-19(17)15-24(16-22(26)18-10-3-2-4-11-18)20-13-7-8-14-21(20)25-23(24)27/h2-14H,15-16H2,1H3,(H,25,27)/t24-/m0/s1. The van der Waals surface area contributed by atoms with Crippen molar-refractivity contribution in [1.29, 1.82) is 0 Å². The molecule has 1 aliphatic heterocycles. The predicted molar refractivity (Wildman–Crippen MR) is 107 cm³/mol. The van der Waals surface area contributed by atoms with E-state index in [4.69, 9.17) is 0 Å². The maximum atomic E-state index is 13.2. The van der Waals surface area contributed by atoms with Crippen LogP contribution in [0.4, 0.5) is 5.69 Å². The molecule has 0 fully saturated rings. The van der Waals surface area contributed by atoms with Crippen LogP contribution in [0.3, 0.4) is 0 Å². The van der Waals surface area contributed by atoms with Gasteiger partial charge in [-0.2, -0.15) is 0 Å². The molecule has 0 bridgehead atoms. The van der Waals surface area contributed by atoms with Gasteiger partial charge in [-0.1, -0.05) is 72.8 Å². The van der Waals surface area contributed by atoms with Gasteiger partial charge in [0.25, 0.3) is 0 Å². The SMILES string of the molecule is Cc1ccccc1C[C@@]1(CC(=O)c2ccccc2)C(=O)Nc2ccccc21. The average Bonchev–Trinajstić information content (AvgIpc) is 2.96. The summed E-state index contributed by atoms with van der Waals surface area (Å²) >= 11 is 0. The summed E-state index contributed by atoms with van der Waals surface area (Å²) in [5.74, 6) is -0.118. The number of benzene rings is 3. The van der Waals surface area contributed by atoms with Gasteiger partial charge < -0.3 is 5.32 Å². The van der Waals surface area contributed by atoms with Gasteiger partial charge in [0, 0.05) is 17.7 Å². The van der Waals surface area contributed by atoms with Crippen LogP contribution in [-0.4, -0.2) is 11.7 Å². The number of rotatable bonds is 5. The lowest BCUT2D eigenvalue weighted by molar-refractivity contribution is -0.120. The van der Waals surface area contributed by atoms with E-state index < -0.39 is 5.41 Å². The van der Waals surface area contributed by atoms with Gasteiger partial charge >= 0.3 is 0 Å². The van der Waals surface area contributed by atoms with Crippen LogP contribution in [0.25, 0.3) is 0 Å². The number of carbonyl (C=O) groups is 2. The molecule has 0 saturated heterocycles. The fourth-order valence-electron chi connectivity index (χ4n) is 3.92. The predicted octanol–water partition coefficient (Wildman–Crippen LogP) is 4.70. The number of para-hydroxylation sites is 1. The molecular formula is C24H21NO2. The maximum absolute atomic E-state index is 13.2. The van der Waals surface area contributed by atoms with E-state index in [1.165, 1.54) is 0 Å². The van der Waals surface area contributed by atoms with E-state index >= 15 is 0 Å². The summed E-state index contributed by atoms with van der Waals surface area (Å²) in [6, 6.07) is 25.0. The molecule has 0 radical (unpaired) electrons. The van der Waals surface area contributed by atoms with E-state index in [1.807, 2.05) is 85.8 Å². The summed E-state index contributed by atoms with van der Waals surface area (Å²) < 4.78 is 0. The number of aryl methyl sites for hydroxylation is 1. The van der Waals surface area contributed by atoms with Gasteiger partial charge in [0.1, 0.15) is 0 Å². The summed E-state index contributed by atoms with van der Waals surface area (Å²) in [4.78, 5) is 26.2. The number of anilines is 1. The van der Waals surface area contributed by atoms with Crippen molar-refractivity contribution in [1.82, 2.24) is 0 Å². The summed E-state index contributed by atoms with van der Waals surface area (Å²) in [7, 11) is 0. The van der Waals surface area contributed by atoms with Crippen molar-refractivity contribution in [2.45, 2.75) is 25.2 Å². The summed E-state index contributed by atoms with van der Waals surface area (Å²) in [6.07, 6.45) is 0.648. The Hall–Kier alpha value is -3.20. The zero-order chi connectivity index (χ0) is 18.9. The quantitative estimate of drug-likeness (QED) is 0.674. The molecule has 0 aromatic heterocycles. The Labute approximate surface area is 159 Å². The zero-order valence-electron chi connectivity index (χ0n) is 15.2. The largest absolute Gasteiger partial charge is 0.325 e. The third-order valence-corrected chi connectivity index (χ3v) is 5.44. The van der Waals surface area contributed by atoms with Crippen LogP contribution in [0.2, 0.25) is 0 Å². The lowest BCUT2D eigenvalue weighted by atomic mass is 9.71. The average molecular weight is 355 g/mol. The zero-order valence-corrected chi connectivity index (χ0v) is 15.2. The highest BCUT2D eigenvalue weighted by molar-refractivity contribution is 6.10. The topological polar surface area (TPSA) is 46.2 Å². The first-order valence-electron chi connectivity index (χ1n) is 9.14. The van der Waals surface area contributed by atoms with Crippen LogP contribution in [0, 0.1) is 6.92 Å². The molecule has 3 nitrogen and oxygen atoms in total. The molecule has 1 N–H and O–H groups in total. The first kappa shape index (κ1) is 17.2. The molecular weight excluding hydrogens is 334 g/mol. The van der Waals surface area contributed by atoms with E-state index in [0.717, 1.165) is 22.4 Å². The lowest BCUT2D eigenvalue weighted by Gasteiger charge is -2.28. The van der Waals surface area contributed by atoms with E-state index in [0.29, 0.717) is 12.0 Å². The number of ketones is 1. The van der Waals surface area contributed by atoms with Gasteiger partial charge in [0.05, 0.1) is 5.41 Å². The number of Topliss-reactive ketones (excluding diaryl/α,β-unsaturated/α-hetero) is 1. The number of nitrogens with one attached hydrogen (secondary N) is 1. The second kappa shape index (κ2) is 6.84. The summed E-state index contributed by atoms with van der Waals surface area (Å²) in [5, 5.41) is 2.99. The van der Waals surface area contributed by atoms with Crippen molar-refractivity contribution in [3.05, 3.63) is 101 Å². The molecule has 1 amide bonds. The van der Waals surface area contributed by atoms with Crippen molar-refractivity contribution in [3.63, 3.8) is 0 Å². The highest BCUT2D eigenvalue weighted by Crippen LogP contribution is 2.43. The Morgan fingerprint density at radius 1 is 0.889 bits per heavy atom. The van der Waals surface area contributed by atoms with E-state index in [-0.39, 0.29) is 18.1 Å². The van der Waals surface area contributed by atoms with Crippen LogP contribution in [0.15, 0.2) is 78.9 Å². The highest BCUT2D eigenvalue weighted by Gasteiger charge is 2.48. The van der Waals surface area contributed by atoms with Crippen LogP contribution < -0.4 is 5.32 Å². The number of hydrogen-bond donors (Lipinski definition) is 1. The van der Waals surface area contributed by atoms with Crippen molar-refractivity contribution < 1.29 is 9.59 Å². The minimum Gasteiger partial charge on any atom is -0.325 e. The lowest BCUT2D eigenvalue weighted by Crippen LogP contribution is -2.39. The first-order chi connectivity index (χ1) is 13.1. The van der Waals surface area contributed by atoms with Gasteiger partial charge in [-0.25, -0.2) is 0 Å². The molecule has 0 saturated carbocycles. The minimum atomic E-state index is -0.893. The van der Waals surface area contributed by atoms with Crippen molar-refractivity contribution in [3.8, 4) is 0 Å². The second-order valence-electron chi connectivity index (χ2n) is 7.15. The van der Waals surface area contributed by atoms with Crippen LogP contribution in [0.5, 0.6) is 0 Å². The molecule has 3 aromatic carbocycles. The Kier molecular flexibility index (Phi) is 4.36. The normalized spacial score (nSPS) is 18.0. The van der Waals surface area contributed by atoms with Crippen molar-refractivity contribution in [2.24, 2.45) is 0 Å². The molecule has 1 atom stereocenters. The fourth-order valence-corrected chi connectivity index (χ4v) is 3.92. The molecule has 0 aliphatic carbocycles. The molecule has 0 spiro atoms. The van der Waals surface area contributed by atoms with Gasteiger partial charge in [0.15, 0.2) is 5.78 Å². The number of amides is 1. The smallest absolute Gasteiger partial charge is 0.235 e. The number of carbonyl (C=O) groups excluding carboxylic acids is 2. The Balaban J connectivity index is 1.80. The Bertz CT molecular complexity index is 1010. The molecule has 1 heterocycles. The van der Waals surface area contributed by atoms with Crippen LogP contribution in [0.1, 0.15) is 33.5 Å². The van der Waals surface area contributed by atoms with Gasteiger partial charge in [-0.05, 0) is 36.1 Å². The monoisotopic (exact) mass is 355 g/mol. The molecule has 3 aromatic rings. The third kappa shape index (κ3) is 3.06. The minimum absolute atomic E-state index is 0.0176. The van der Waals surface area contributed by atoms with E-state index in [1.54, 1.807) is 0 Å². The number of fused-ring (bicyclic) bond motifs is 1. The van der Waals surface area contributed by atoms with Gasteiger partial charge in [-0.3, -0.25) is 9.59 Å². The van der Waals surface area contributed by atoms with Crippen molar-refractivity contribution in [2.75, 3.05) is 5.32 Å². The summed E-state index contributed by atoms with van der Waals surface area (Å²) in [6.45, 7) is 2.04. The molecule has 3 heteroatoms. The number of hydrogen-bond acceptors (Lipinski definition) is 2. The fraction of sp³-hybridized carbons (Fsp3) is 0.167. The third-order valence-electron chi connectivity index (χ3n) is 5.44. The molecule has 4 rings (SSSR count). The molecule has 1 aliphatic rings. The van der Waals surface area contributed by atoms with Gasteiger partial charge in [0.2, 0.25) is 5.91 Å². The van der Waals surface area contributed by atoms with E-state index in [9.17, 15) is 9.59 Å². The Morgan fingerprint density at radius 2 is 1.56 bits per heavy atom. The van der Waals surface area contributed by atoms with Crippen LogP contribution >= 0.6 is 0 Å². The molecule has 0 unspecified atom stereocenters. The molecule has 134 valence electrons.